The van der Waals surface area contributed by atoms with E-state index in [1.807, 2.05) is 6.07 Å². The van der Waals surface area contributed by atoms with Gasteiger partial charge in [0.2, 0.25) is 0 Å². The van der Waals surface area contributed by atoms with Crippen molar-refractivity contribution >= 4 is 10.9 Å². The van der Waals surface area contributed by atoms with E-state index in [-0.39, 0.29) is 11.5 Å². The van der Waals surface area contributed by atoms with E-state index in [2.05, 4.69) is 4.98 Å². The van der Waals surface area contributed by atoms with Crippen LogP contribution in [0.25, 0.3) is 22.2 Å². The zero-order chi connectivity index (χ0) is 15.0. The van der Waals surface area contributed by atoms with Gasteiger partial charge in [-0.05, 0) is 55.5 Å². The molecule has 106 valence electrons. The first-order valence-electron chi connectivity index (χ1n) is 6.66. The monoisotopic (exact) mass is 281 g/mol. The van der Waals surface area contributed by atoms with Gasteiger partial charge in [-0.25, -0.2) is 4.98 Å². The molecular weight excluding hydrogens is 266 g/mol. The number of fused-ring (bicyclic) bond motifs is 1. The highest BCUT2D eigenvalue weighted by Gasteiger charge is 2.13. The van der Waals surface area contributed by atoms with Gasteiger partial charge in [0.25, 0.3) is 0 Å². The number of phenols is 2. The molecule has 0 bridgehead atoms. The fourth-order valence-corrected chi connectivity index (χ4v) is 2.35. The summed E-state index contributed by atoms with van der Waals surface area (Å²) >= 11 is 0. The molecule has 0 spiro atoms. The minimum absolute atomic E-state index is 0.165. The molecule has 21 heavy (non-hydrogen) atoms. The molecule has 0 amide bonds. The minimum Gasteiger partial charge on any atom is -0.508 e. The highest BCUT2D eigenvalue weighted by Crippen LogP contribution is 2.31. The van der Waals surface area contributed by atoms with Gasteiger partial charge in [-0.3, -0.25) is 0 Å². The average Bonchev–Trinajstić information content (AvgIpc) is 2.46. The second kappa shape index (κ2) is 5.07. The van der Waals surface area contributed by atoms with Gasteiger partial charge in [-0.2, -0.15) is 0 Å². The molecule has 3 rings (SSSR count). The molecule has 1 atom stereocenters. The lowest BCUT2D eigenvalue weighted by Crippen LogP contribution is -1.98. The van der Waals surface area contributed by atoms with E-state index >= 15 is 0 Å². The summed E-state index contributed by atoms with van der Waals surface area (Å²) in [7, 11) is 0. The van der Waals surface area contributed by atoms with Crippen LogP contribution in [0.4, 0.5) is 0 Å². The Balaban J connectivity index is 2.27. The molecule has 1 aromatic heterocycles. The fourth-order valence-electron chi connectivity index (χ4n) is 2.35. The Labute approximate surface area is 122 Å². The quantitative estimate of drug-likeness (QED) is 0.673. The molecule has 0 aliphatic carbocycles. The maximum Gasteiger partial charge on any atom is 0.116 e. The zero-order valence-electron chi connectivity index (χ0n) is 11.5. The van der Waals surface area contributed by atoms with Crippen molar-refractivity contribution in [2.24, 2.45) is 0 Å². The number of benzene rings is 2. The third-order valence-electron chi connectivity index (χ3n) is 3.42. The van der Waals surface area contributed by atoms with Crippen LogP contribution in [-0.4, -0.2) is 20.3 Å². The topological polar surface area (TPSA) is 73.6 Å². The van der Waals surface area contributed by atoms with Gasteiger partial charge >= 0.3 is 0 Å². The number of aromatic hydroxyl groups is 2. The maximum atomic E-state index is 10.00. The first-order chi connectivity index (χ1) is 10.0. The third kappa shape index (κ3) is 2.53. The van der Waals surface area contributed by atoms with E-state index in [1.54, 1.807) is 49.4 Å². The molecule has 3 aromatic rings. The normalized spacial score (nSPS) is 12.5. The summed E-state index contributed by atoms with van der Waals surface area (Å²) in [4.78, 5) is 4.58. The minimum atomic E-state index is -0.687. The van der Waals surface area contributed by atoms with Crippen LogP contribution in [0, 0.1) is 0 Å². The Hall–Kier alpha value is -2.59. The number of aliphatic hydroxyl groups is 1. The zero-order valence-corrected chi connectivity index (χ0v) is 11.5. The number of phenolic OH excluding ortho intramolecular Hbond substituents is 2. The lowest BCUT2D eigenvalue weighted by molar-refractivity contribution is 0.199. The van der Waals surface area contributed by atoms with E-state index in [9.17, 15) is 15.3 Å². The highest BCUT2D eigenvalue weighted by molar-refractivity contribution is 5.84. The molecule has 0 aliphatic rings. The summed E-state index contributed by atoms with van der Waals surface area (Å²) in [6, 6.07) is 13.5. The van der Waals surface area contributed by atoms with Crippen LogP contribution in [-0.2, 0) is 0 Å². The SMILES string of the molecule is CC(O)c1cc2cc(O)ccc2nc1-c1ccc(O)cc1. The lowest BCUT2D eigenvalue weighted by atomic mass is 10.00. The second-order valence-corrected chi connectivity index (χ2v) is 5.03. The molecule has 1 heterocycles. The predicted octanol–water partition coefficient (Wildman–Crippen LogP) is 3.37. The van der Waals surface area contributed by atoms with Crippen molar-refractivity contribution < 1.29 is 15.3 Å². The van der Waals surface area contributed by atoms with Crippen LogP contribution >= 0.6 is 0 Å². The van der Waals surface area contributed by atoms with Gasteiger partial charge in [-0.15, -0.1) is 0 Å². The summed E-state index contributed by atoms with van der Waals surface area (Å²) in [6.45, 7) is 1.68. The van der Waals surface area contributed by atoms with Crippen molar-refractivity contribution in [3.05, 3.63) is 54.1 Å². The first-order valence-corrected chi connectivity index (χ1v) is 6.66. The number of hydrogen-bond donors (Lipinski definition) is 3. The van der Waals surface area contributed by atoms with Gasteiger partial charge in [0.15, 0.2) is 0 Å². The summed E-state index contributed by atoms with van der Waals surface area (Å²) < 4.78 is 0. The number of nitrogens with zero attached hydrogens (tertiary/aromatic N) is 1. The molecule has 4 nitrogen and oxygen atoms in total. The summed E-state index contributed by atoms with van der Waals surface area (Å²) in [5.41, 5.74) is 2.90. The summed E-state index contributed by atoms with van der Waals surface area (Å²) in [5, 5.41) is 29.7. The van der Waals surface area contributed by atoms with E-state index < -0.39 is 6.10 Å². The van der Waals surface area contributed by atoms with Gasteiger partial charge in [-0.1, -0.05) is 0 Å². The predicted molar refractivity (Wildman–Crippen MR) is 81.1 cm³/mol. The molecule has 0 fully saturated rings. The maximum absolute atomic E-state index is 10.00. The number of hydrogen-bond acceptors (Lipinski definition) is 4. The van der Waals surface area contributed by atoms with Crippen LogP contribution in [0.3, 0.4) is 0 Å². The average molecular weight is 281 g/mol. The molecule has 0 saturated heterocycles. The molecule has 0 saturated carbocycles. The standard InChI is InChI=1S/C17H15NO3/c1-10(19)15-9-12-8-14(21)6-7-16(12)18-17(15)11-2-4-13(20)5-3-11/h2-10,19-21H,1H3. The fraction of sp³-hybridized carbons (Fsp3) is 0.118. The number of rotatable bonds is 2. The van der Waals surface area contributed by atoms with Crippen molar-refractivity contribution in [2.75, 3.05) is 0 Å². The number of aliphatic hydroxyl groups excluding tert-OH is 1. The molecule has 0 radical (unpaired) electrons. The van der Waals surface area contributed by atoms with Gasteiger partial charge < -0.3 is 15.3 Å². The number of aromatic nitrogens is 1. The number of pyridine rings is 1. The van der Waals surface area contributed by atoms with Gasteiger partial charge in [0.05, 0.1) is 17.3 Å². The van der Waals surface area contributed by atoms with Crippen molar-refractivity contribution in [1.29, 1.82) is 0 Å². The second-order valence-electron chi connectivity index (χ2n) is 5.03. The van der Waals surface area contributed by atoms with Crippen molar-refractivity contribution in [1.82, 2.24) is 4.98 Å². The smallest absolute Gasteiger partial charge is 0.116 e. The van der Waals surface area contributed by atoms with Crippen LogP contribution in [0.2, 0.25) is 0 Å². The Morgan fingerprint density at radius 2 is 1.57 bits per heavy atom. The van der Waals surface area contributed by atoms with E-state index in [4.69, 9.17) is 0 Å². The van der Waals surface area contributed by atoms with Gasteiger partial charge in [0, 0.05) is 16.5 Å². The van der Waals surface area contributed by atoms with E-state index in [0.29, 0.717) is 11.3 Å². The van der Waals surface area contributed by atoms with Crippen LogP contribution in [0.1, 0.15) is 18.6 Å². The van der Waals surface area contributed by atoms with Crippen molar-refractivity contribution in [2.45, 2.75) is 13.0 Å². The Bertz CT molecular complexity index is 795. The molecule has 1 unspecified atom stereocenters. The molecule has 2 aromatic carbocycles. The van der Waals surface area contributed by atoms with Crippen LogP contribution < -0.4 is 0 Å². The first kappa shape index (κ1) is 13.4. The molecule has 3 N–H and O–H groups in total. The van der Waals surface area contributed by atoms with E-state index in [0.717, 1.165) is 16.5 Å². The van der Waals surface area contributed by atoms with E-state index in [1.165, 1.54) is 0 Å². The largest absolute Gasteiger partial charge is 0.508 e. The van der Waals surface area contributed by atoms with Gasteiger partial charge in [0.1, 0.15) is 11.5 Å². The Morgan fingerprint density at radius 1 is 0.905 bits per heavy atom. The van der Waals surface area contributed by atoms with Crippen LogP contribution in [0.15, 0.2) is 48.5 Å². The van der Waals surface area contributed by atoms with Crippen molar-refractivity contribution in [3.63, 3.8) is 0 Å². The molecular formula is C17H15NO3. The van der Waals surface area contributed by atoms with Crippen molar-refractivity contribution in [3.8, 4) is 22.8 Å². The Kier molecular flexibility index (Phi) is 3.23. The molecule has 0 aliphatic heterocycles. The molecule has 4 heteroatoms. The lowest BCUT2D eigenvalue weighted by Gasteiger charge is -2.13. The summed E-state index contributed by atoms with van der Waals surface area (Å²) in [6.07, 6.45) is -0.687. The summed E-state index contributed by atoms with van der Waals surface area (Å²) in [5.74, 6) is 0.348. The van der Waals surface area contributed by atoms with Crippen LogP contribution in [0.5, 0.6) is 11.5 Å². The highest BCUT2D eigenvalue weighted by atomic mass is 16.3. The third-order valence-corrected chi connectivity index (χ3v) is 3.42. The Morgan fingerprint density at radius 3 is 2.24 bits per heavy atom.